The minimum Gasteiger partial charge on any atom is -0.336 e. The molecule has 3 aromatic heterocycles. The molecule has 0 bridgehead atoms. The molecule has 0 atom stereocenters. The van der Waals surface area contributed by atoms with Crippen LogP contribution in [0.15, 0.2) is 37.3 Å². The topological polar surface area (TPSA) is 66.3 Å². The summed E-state index contributed by atoms with van der Waals surface area (Å²) in [6.45, 7) is 1.47. The van der Waals surface area contributed by atoms with Crippen molar-refractivity contribution in [3.05, 3.63) is 42.1 Å². The Bertz CT molecular complexity index is 742. The summed E-state index contributed by atoms with van der Waals surface area (Å²) in [6.07, 6.45) is 10.4. The van der Waals surface area contributed by atoms with Gasteiger partial charge < -0.3 is 4.57 Å². The van der Waals surface area contributed by atoms with Crippen LogP contribution in [0.5, 0.6) is 0 Å². The first-order valence-electron chi connectivity index (χ1n) is 6.11. The van der Waals surface area contributed by atoms with Gasteiger partial charge in [-0.25, -0.2) is 14.6 Å². The van der Waals surface area contributed by atoms with Gasteiger partial charge in [-0.3, -0.25) is 9.55 Å². The van der Waals surface area contributed by atoms with E-state index < -0.39 is 0 Å². The van der Waals surface area contributed by atoms with E-state index in [4.69, 9.17) is 12.2 Å². The third kappa shape index (κ3) is 2.37. The lowest BCUT2D eigenvalue weighted by Gasteiger charge is -2.06. The van der Waals surface area contributed by atoms with Crippen LogP contribution >= 0.6 is 12.2 Å². The Morgan fingerprint density at radius 2 is 2.05 bits per heavy atom. The van der Waals surface area contributed by atoms with E-state index >= 15 is 0 Å². The minimum absolute atomic E-state index is 0.658. The molecule has 0 aliphatic heterocycles. The van der Waals surface area contributed by atoms with Gasteiger partial charge in [0.1, 0.15) is 5.69 Å². The first-order chi connectivity index (χ1) is 9.75. The van der Waals surface area contributed by atoms with Gasteiger partial charge in [-0.1, -0.05) is 0 Å². The predicted octanol–water partition coefficient (Wildman–Crippen LogP) is 1.30. The fourth-order valence-electron chi connectivity index (χ4n) is 1.94. The lowest BCUT2D eigenvalue weighted by molar-refractivity contribution is 0.570. The second-order valence-corrected chi connectivity index (χ2v) is 4.64. The molecule has 0 saturated heterocycles. The molecule has 102 valence electrons. The normalized spacial score (nSPS) is 10.8. The Hall–Kier alpha value is -2.35. The number of aryl methyl sites for hydroxylation is 2. The average molecular weight is 287 g/mol. The van der Waals surface area contributed by atoms with Crippen LogP contribution in [0.1, 0.15) is 0 Å². The summed E-state index contributed by atoms with van der Waals surface area (Å²) in [5, 5.41) is 4.43. The third-order valence-electron chi connectivity index (χ3n) is 2.94. The molecule has 0 spiro atoms. The summed E-state index contributed by atoms with van der Waals surface area (Å²) >= 11 is 5.40. The summed E-state index contributed by atoms with van der Waals surface area (Å²) in [7, 11) is 1.83. The van der Waals surface area contributed by atoms with Crippen molar-refractivity contribution in [2.45, 2.75) is 13.1 Å². The van der Waals surface area contributed by atoms with Crippen molar-refractivity contribution in [3.63, 3.8) is 0 Å². The lowest BCUT2D eigenvalue weighted by atomic mass is 10.4. The van der Waals surface area contributed by atoms with Crippen molar-refractivity contribution >= 4 is 12.2 Å². The molecular formula is C12H13N7S. The lowest BCUT2D eigenvalue weighted by Crippen LogP contribution is -2.08. The monoisotopic (exact) mass is 287 g/mol. The molecule has 0 aliphatic rings. The number of rotatable bonds is 4. The molecule has 3 aromatic rings. The van der Waals surface area contributed by atoms with Crippen molar-refractivity contribution in [1.29, 1.82) is 0 Å². The fourth-order valence-corrected chi connectivity index (χ4v) is 2.16. The highest BCUT2D eigenvalue weighted by molar-refractivity contribution is 7.71. The average Bonchev–Trinajstić information content (AvgIpc) is 3.08. The maximum Gasteiger partial charge on any atom is 0.197 e. The van der Waals surface area contributed by atoms with Crippen LogP contribution < -0.4 is 0 Å². The van der Waals surface area contributed by atoms with Gasteiger partial charge in [0.2, 0.25) is 0 Å². The zero-order chi connectivity index (χ0) is 13.9. The van der Waals surface area contributed by atoms with Gasteiger partial charge in [0.05, 0.1) is 12.5 Å². The van der Waals surface area contributed by atoms with E-state index in [1.54, 1.807) is 35.8 Å². The summed E-state index contributed by atoms with van der Waals surface area (Å²) in [5.41, 5.74) is 0.713. The van der Waals surface area contributed by atoms with Crippen LogP contribution in [0.25, 0.3) is 11.5 Å². The zero-order valence-electron chi connectivity index (χ0n) is 10.9. The highest BCUT2D eigenvalue weighted by Gasteiger charge is 2.12. The van der Waals surface area contributed by atoms with Crippen molar-refractivity contribution in [1.82, 2.24) is 33.9 Å². The van der Waals surface area contributed by atoms with Crippen LogP contribution in [0.4, 0.5) is 0 Å². The zero-order valence-corrected chi connectivity index (χ0v) is 11.7. The molecule has 0 fully saturated rings. The van der Waals surface area contributed by atoms with Crippen molar-refractivity contribution in [2.75, 3.05) is 0 Å². The van der Waals surface area contributed by atoms with Gasteiger partial charge in [-0.15, -0.1) is 0 Å². The summed E-state index contributed by atoms with van der Waals surface area (Å²) < 4.78 is 6.28. The second kappa shape index (κ2) is 5.33. The summed E-state index contributed by atoms with van der Waals surface area (Å²) in [6, 6.07) is 0. The third-order valence-corrected chi connectivity index (χ3v) is 3.43. The smallest absolute Gasteiger partial charge is 0.197 e. The second-order valence-electron chi connectivity index (χ2n) is 4.27. The van der Waals surface area contributed by atoms with Gasteiger partial charge in [0.25, 0.3) is 0 Å². The van der Waals surface area contributed by atoms with Gasteiger partial charge in [-0.2, -0.15) is 5.10 Å². The van der Waals surface area contributed by atoms with E-state index in [0.29, 0.717) is 17.0 Å². The number of nitrogens with zero attached hydrogens (tertiary/aromatic N) is 7. The first kappa shape index (κ1) is 12.7. The van der Waals surface area contributed by atoms with E-state index in [9.17, 15) is 0 Å². The molecule has 0 unspecified atom stereocenters. The molecule has 0 radical (unpaired) electrons. The number of hydrogen-bond donors (Lipinski definition) is 0. The summed E-state index contributed by atoms with van der Waals surface area (Å²) in [5.74, 6) is 0.728. The molecule has 3 rings (SSSR count). The van der Waals surface area contributed by atoms with Gasteiger partial charge in [0.15, 0.2) is 10.6 Å². The van der Waals surface area contributed by atoms with Crippen LogP contribution in [0, 0.1) is 4.77 Å². The van der Waals surface area contributed by atoms with Crippen molar-refractivity contribution < 1.29 is 0 Å². The number of imidazole rings is 1. The fraction of sp³-hybridized carbons (Fsp3) is 0.250. The SMILES string of the molecule is Cn1nc(-c2cnccn2)n(CCn2ccnc2)c1=S. The van der Waals surface area contributed by atoms with Crippen LogP contribution in [0.2, 0.25) is 0 Å². The molecule has 7 nitrogen and oxygen atoms in total. The van der Waals surface area contributed by atoms with Crippen molar-refractivity contribution in [3.8, 4) is 11.5 Å². The van der Waals surface area contributed by atoms with Gasteiger partial charge in [-0.05, 0) is 12.2 Å². The molecule has 0 saturated carbocycles. The van der Waals surface area contributed by atoms with Gasteiger partial charge in [0, 0.05) is 44.9 Å². The first-order valence-corrected chi connectivity index (χ1v) is 6.52. The molecule has 0 amide bonds. The molecule has 0 N–H and O–H groups in total. The van der Waals surface area contributed by atoms with Crippen LogP contribution in [-0.4, -0.2) is 33.9 Å². The standard InChI is InChI=1S/C12H13N7S/c1-17-12(20)19(7-6-18-5-4-14-9-18)11(16-17)10-8-13-2-3-15-10/h2-5,8-9H,6-7H2,1H3. The highest BCUT2D eigenvalue weighted by Crippen LogP contribution is 2.14. The molecule has 8 heteroatoms. The molecular weight excluding hydrogens is 274 g/mol. The van der Waals surface area contributed by atoms with E-state index in [0.717, 1.165) is 12.4 Å². The Labute approximate surface area is 120 Å². The predicted molar refractivity (Wildman–Crippen MR) is 75.3 cm³/mol. The maximum atomic E-state index is 5.40. The summed E-state index contributed by atoms with van der Waals surface area (Å²) in [4.78, 5) is 12.4. The highest BCUT2D eigenvalue weighted by atomic mass is 32.1. The van der Waals surface area contributed by atoms with Crippen LogP contribution in [-0.2, 0) is 20.1 Å². The van der Waals surface area contributed by atoms with E-state index in [2.05, 4.69) is 20.1 Å². The Kier molecular flexibility index (Phi) is 3.38. The molecule has 0 aliphatic carbocycles. The van der Waals surface area contributed by atoms with E-state index in [1.165, 1.54) is 0 Å². The van der Waals surface area contributed by atoms with Crippen molar-refractivity contribution in [2.24, 2.45) is 7.05 Å². The van der Waals surface area contributed by atoms with E-state index in [-0.39, 0.29) is 0 Å². The largest absolute Gasteiger partial charge is 0.336 e. The Morgan fingerprint density at radius 3 is 2.75 bits per heavy atom. The minimum atomic E-state index is 0.658. The quantitative estimate of drug-likeness (QED) is 0.677. The number of aromatic nitrogens is 7. The van der Waals surface area contributed by atoms with Gasteiger partial charge >= 0.3 is 0 Å². The van der Waals surface area contributed by atoms with E-state index in [1.807, 2.05) is 22.4 Å². The van der Waals surface area contributed by atoms with Crippen LogP contribution in [0.3, 0.4) is 0 Å². The molecule has 20 heavy (non-hydrogen) atoms. The molecule has 3 heterocycles. The Morgan fingerprint density at radius 1 is 1.15 bits per heavy atom. The molecule has 0 aromatic carbocycles. The maximum absolute atomic E-state index is 5.40. The Balaban J connectivity index is 1.95. The number of hydrogen-bond acceptors (Lipinski definition) is 5.